The molecule has 0 aliphatic carbocycles. The number of nitriles is 1. The third-order valence-corrected chi connectivity index (χ3v) is 5.70. The molecule has 2 N–H and O–H groups in total. The molecule has 0 spiro atoms. The Labute approximate surface area is 185 Å². The van der Waals surface area contributed by atoms with Crippen molar-refractivity contribution in [2.24, 2.45) is 0 Å². The predicted octanol–water partition coefficient (Wildman–Crippen LogP) is 4.94. The lowest BCUT2D eigenvalue weighted by Gasteiger charge is -2.40. The number of anilines is 1. The SMILES string of the molecule is COc1ccc(C2c3cc(C#N)ccc3NC(OC(=O)O)C2c2ccc(OC)cc2)cc1. The molecule has 3 aromatic rings. The fraction of sp³-hybridized carbons (Fsp3) is 0.200. The summed E-state index contributed by atoms with van der Waals surface area (Å²) in [4.78, 5) is 11.5. The molecule has 0 radical (unpaired) electrons. The van der Waals surface area contributed by atoms with Crippen LogP contribution in [0.3, 0.4) is 0 Å². The van der Waals surface area contributed by atoms with Crippen molar-refractivity contribution in [3.63, 3.8) is 0 Å². The fourth-order valence-corrected chi connectivity index (χ4v) is 4.24. The van der Waals surface area contributed by atoms with Gasteiger partial charge in [0.1, 0.15) is 11.5 Å². The predicted molar refractivity (Wildman–Crippen MR) is 118 cm³/mol. The van der Waals surface area contributed by atoms with Crippen molar-refractivity contribution in [1.29, 1.82) is 5.26 Å². The highest BCUT2D eigenvalue weighted by Crippen LogP contribution is 2.48. The van der Waals surface area contributed by atoms with Crippen LogP contribution in [0.4, 0.5) is 10.5 Å². The number of carbonyl (C=O) groups is 1. The zero-order valence-electron chi connectivity index (χ0n) is 17.6. The topological polar surface area (TPSA) is 101 Å². The number of hydrogen-bond donors (Lipinski definition) is 2. The van der Waals surface area contributed by atoms with E-state index in [4.69, 9.17) is 14.2 Å². The molecular weight excluding hydrogens is 408 g/mol. The smallest absolute Gasteiger partial charge is 0.497 e. The Kier molecular flexibility index (Phi) is 5.86. The number of methoxy groups -OCH3 is 2. The molecule has 3 unspecified atom stereocenters. The minimum atomic E-state index is -1.37. The summed E-state index contributed by atoms with van der Waals surface area (Å²) in [6.07, 6.45) is -2.21. The van der Waals surface area contributed by atoms with E-state index in [9.17, 15) is 15.2 Å². The van der Waals surface area contributed by atoms with Crippen molar-refractivity contribution in [3.05, 3.63) is 89.0 Å². The minimum Gasteiger partial charge on any atom is -0.497 e. The van der Waals surface area contributed by atoms with E-state index >= 15 is 0 Å². The van der Waals surface area contributed by atoms with Crippen LogP contribution in [-0.4, -0.2) is 31.7 Å². The lowest BCUT2D eigenvalue weighted by molar-refractivity contribution is 0.0471. The van der Waals surface area contributed by atoms with Gasteiger partial charge in [-0.1, -0.05) is 24.3 Å². The first-order valence-corrected chi connectivity index (χ1v) is 10.0. The van der Waals surface area contributed by atoms with E-state index in [0.717, 1.165) is 22.4 Å². The first kappa shape index (κ1) is 21.1. The van der Waals surface area contributed by atoms with Gasteiger partial charge in [-0.05, 0) is 59.2 Å². The van der Waals surface area contributed by atoms with Crippen LogP contribution in [0, 0.1) is 11.3 Å². The fourth-order valence-electron chi connectivity index (χ4n) is 4.24. The van der Waals surface area contributed by atoms with Crippen LogP contribution in [0.2, 0.25) is 0 Å². The van der Waals surface area contributed by atoms with Crippen LogP contribution in [-0.2, 0) is 4.74 Å². The van der Waals surface area contributed by atoms with Gasteiger partial charge in [0.15, 0.2) is 6.23 Å². The average Bonchev–Trinajstić information content (AvgIpc) is 2.82. The molecule has 4 rings (SSSR count). The Morgan fingerprint density at radius 3 is 2.06 bits per heavy atom. The zero-order chi connectivity index (χ0) is 22.7. The molecule has 1 aliphatic rings. The molecule has 7 nitrogen and oxygen atoms in total. The van der Waals surface area contributed by atoms with Gasteiger partial charge in [-0.2, -0.15) is 5.26 Å². The molecule has 3 atom stereocenters. The summed E-state index contributed by atoms with van der Waals surface area (Å²) in [5, 5.41) is 22.1. The Morgan fingerprint density at radius 2 is 1.53 bits per heavy atom. The lowest BCUT2D eigenvalue weighted by atomic mass is 9.73. The van der Waals surface area contributed by atoms with Crippen LogP contribution < -0.4 is 14.8 Å². The summed E-state index contributed by atoms with van der Waals surface area (Å²) in [5.41, 5.74) is 3.96. The number of rotatable bonds is 5. The molecule has 0 aromatic heterocycles. The van der Waals surface area contributed by atoms with Crippen LogP contribution in [0.15, 0.2) is 66.7 Å². The number of fused-ring (bicyclic) bond motifs is 1. The maximum Gasteiger partial charge on any atom is 0.507 e. The van der Waals surface area contributed by atoms with E-state index in [-0.39, 0.29) is 5.92 Å². The molecule has 1 heterocycles. The molecular formula is C25H22N2O5. The first-order valence-electron chi connectivity index (χ1n) is 10.0. The molecule has 1 aliphatic heterocycles. The van der Waals surface area contributed by atoms with E-state index in [1.165, 1.54) is 0 Å². The van der Waals surface area contributed by atoms with Crippen molar-refractivity contribution in [2.45, 2.75) is 18.1 Å². The Hall–Kier alpha value is -4.18. The molecule has 0 saturated carbocycles. The summed E-state index contributed by atoms with van der Waals surface area (Å²) >= 11 is 0. The van der Waals surface area contributed by atoms with Gasteiger partial charge in [-0.25, -0.2) is 4.79 Å². The van der Waals surface area contributed by atoms with Crippen LogP contribution in [0.5, 0.6) is 11.5 Å². The summed E-state index contributed by atoms with van der Waals surface area (Å²) in [6, 6.07) is 22.6. The summed E-state index contributed by atoms with van der Waals surface area (Å²) in [5.74, 6) is 0.740. The third-order valence-electron chi connectivity index (χ3n) is 5.70. The van der Waals surface area contributed by atoms with Gasteiger partial charge in [0, 0.05) is 11.6 Å². The van der Waals surface area contributed by atoms with Crippen LogP contribution in [0.1, 0.15) is 34.1 Å². The standard InChI is InChI=1S/C25H22N2O5/c1-30-18-8-4-16(5-9-18)22-20-13-15(14-26)3-12-21(20)27-24(32-25(28)29)23(22)17-6-10-19(31-2)11-7-17/h3-13,22-24,27H,1-2H3,(H,28,29). The van der Waals surface area contributed by atoms with Crippen molar-refractivity contribution in [1.82, 2.24) is 0 Å². The average molecular weight is 430 g/mol. The number of carboxylic acid groups (broad SMARTS) is 1. The molecule has 162 valence electrons. The number of hydrogen-bond acceptors (Lipinski definition) is 6. The number of nitrogens with one attached hydrogen (secondary N) is 1. The van der Waals surface area contributed by atoms with E-state index in [2.05, 4.69) is 11.4 Å². The van der Waals surface area contributed by atoms with Gasteiger partial charge in [0.05, 0.1) is 31.8 Å². The summed E-state index contributed by atoms with van der Waals surface area (Å²) < 4.78 is 15.9. The zero-order valence-corrected chi connectivity index (χ0v) is 17.6. The second-order valence-electron chi connectivity index (χ2n) is 7.41. The summed E-state index contributed by atoms with van der Waals surface area (Å²) in [7, 11) is 3.19. The Bertz CT molecular complexity index is 1150. The van der Waals surface area contributed by atoms with Gasteiger partial charge in [0.2, 0.25) is 0 Å². The molecule has 3 aromatic carbocycles. The van der Waals surface area contributed by atoms with Crippen molar-refractivity contribution in [3.8, 4) is 17.6 Å². The van der Waals surface area contributed by atoms with Gasteiger partial charge < -0.3 is 24.6 Å². The Balaban J connectivity index is 1.92. The second-order valence-corrected chi connectivity index (χ2v) is 7.41. The van der Waals surface area contributed by atoms with Crippen molar-refractivity contribution >= 4 is 11.8 Å². The van der Waals surface area contributed by atoms with E-state index in [1.54, 1.807) is 26.4 Å². The van der Waals surface area contributed by atoms with E-state index in [1.807, 2.05) is 54.6 Å². The van der Waals surface area contributed by atoms with Gasteiger partial charge in [0.25, 0.3) is 0 Å². The second kappa shape index (κ2) is 8.90. The normalized spacial score (nSPS) is 19.1. The quantitative estimate of drug-likeness (QED) is 0.553. The van der Waals surface area contributed by atoms with Gasteiger partial charge in [-0.15, -0.1) is 0 Å². The van der Waals surface area contributed by atoms with E-state index < -0.39 is 18.3 Å². The lowest BCUT2D eigenvalue weighted by Crippen LogP contribution is -2.40. The highest BCUT2D eigenvalue weighted by Gasteiger charge is 2.41. The van der Waals surface area contributed by atoms with Gasteiger partial charge >= 0.3 is 6.16 Å². The van der Waals surface area contributed by atoms with Crippen molar-refractivity contribution < 1.29 is 24.1 Å². The highest BCUT2D eigenvalue weighted by atomic mass is 16.7. The maximum atomic E-state index is 11.5. The minimum absolute atomic E-state index is 0.275. The third kappa shape index (κ3) is 4.03. The molecule has 32 heavy (non-hydrogen) atoms. The van der Waals surface area contributed by atoms with Gasteiger partial charge in [-0.3, -0.25) is 0 Å². The number of nitrogens with zero attached hydrogens (tertiary/aromatic N) is 1. The van der Waals surface area contributed by atoms with Crippen LogP contribution >= 0.6 is 0 Å². The van der Waals surface area contributed by atoms with Crippen LogP contribution in [0.25, 0.3) is 0 Å². The largest absolute Gasteiger partial charge is 0.507 e. The first-order chi connectivity index (χ1) is 15.5. The maximum absolute atomic E-state index is 11.5. The Morgan fingerprint density at radius 1 is 0.938 bits per heavy atom. The monoisotopic (exact) mass is 430 g/mol. The van der Waals surface area contributed by atoms with E-state index in [0.29, 0.717) is 17.1 Å². The number of ether oxygens (including phenoxy) is 3. The molecule has 0 amide bonds. The van der Waals surface area contributed by atoms with Crippen molar-refractivity contribution in [2.75, 3.05) is 19.5 Å². The summed E-state index contributed by atoms with van der Waals surface area (Å²) in [6.45, 7) is 0. The molecule has 0 fully saturated rings. The number of benzene rings is 3. The molecule has 7 heteroatoms. The molecule has 0 bridgehead atoms. The highest BCUT2D eigenvalue weighted by molar-refractivity contribution is 5.65. The molecule has 0 saturated heterocycles.